The van der Waals surface area contributed by atoms with Gasteiger partial charge in [0.05, 0.1) is 0 Å². The number of carbonyl (C=O) groups is 2. The zero-order chi connectivity index (χ0) is 11.7. The van der Waals surface area contributed by atoms with Crippen molar-refractivity contribution in [3.8, 4) is 0 Å². The Morgan fingerprint density at radius 1 is 1.44 bits per heavy atom. The second kappa shape index (κ2) is 3.96. The van der Waals surface area contributed by atoms with E-state index in [9.17, 15) is 9.59 Å². The van der Waals surface area contributed by atoms with Crippen LogP contribution < -0.4 is 4.90 Å². The van der Waals surface area contributed by atoms with Crippen LogP contribution in [-0.2, 0) is 11.2 Å². The van der Waals surface area contributed by atoms with Gasteiger partial charge in [-0.25, -0.2) is 4.79 Å². The summed E-state index contributed by atoms with van der Waals surface area (Å²) in [6.07, 6.45) is 0.879. The van der Waals surface area contributed by atoms with Crippen molar-refractivity contribution in [2.45, 2.75) is 13.3 Å². The molecule has 0 spiro atoms. The highest BCUT2D eigenvalue weighted by Gasteiger charge is 2.21. The normalized spacial score (nSPS) is 13.7. The summed E-state index contributed by atoms with van der Waals surface area (Å²) in [6.45, 7) is 3.95. The van der Waals surface area contributed by atoms with Gasteiger partial charge in [0.1, 0.15) is 0 Å². The summed E-state index contributed by atoms with van der Waals surface area (Å²) in [7, 11) is 0. The number of carbonyl (C=O) groups excluding carboxylic acids is 1. The van der Waals surface area contributed by atoms with E-state index in [1.54, 1.807) is 12.1 Å². The predicted octanol–water partition coefficient (Wildman–Crippen LogP) is 1.34. The van der Waals surface area contributed by atoms with Crippen molar-refractivity contribution in [1.29, 1.82) is 0 Å². The molecule has 1 aliphatic heterocycles. The number of nitrogens with zero attached hydrogens (tertiary/aromatic N) is 1. The quantitative estimate of drug-likeness (QED) is 0.615. The molecular formula is C12H13NO3. The summed E-state index contributed by atoms with van der Waals surface area (Å²) in [5.74, 6) is -2.23. The second-order valence-electron chi connectivity index (χ2n) is 3.81. The van der Waals surface area contributed by atoms with Crippen molar-refractivity contribution < 1.29 is 14.7 Å². The zero-order valence-electron chi connectivity index (χ0n) is 9.06. The van der Waals surface area contributed by atoms with Gasteiger partial charge in [-0.1, -0.05) is 0 Å². The fraction of sp³-hybridized carbons (Fsp3) is 0.333. The average Bonchev–Trinajstić information content (AvgIpc) is 2.69. The Morgan fingerprint density at radius 2 is 2.19 bits per heavy atom. The molecule has 16 heavy (non-hydrogen) atoms. The molecule has 4 nitrogen and oxygen atoms in total. The molecule has 0 fully saturated rings. The second-order valence-corrected chi connectivity index (χ2v) is 3.81. The summed E-state index contributed by atoms with van der Waals surface area (Å²) in [5, 5.41) is 8.62. The molecule has 0 bridgehead atoms. The third kappa shape index (κ3) is 1.66. The van der Waals surface area contributed by atoms with Gasteiger partial charge in [-0.3, -0.25) is 4.79 Å². The van der Waals surface area contributed by atoms with Crippen LogP contribution in [0.2, 0.25) is 0 Å². The van der Waals surface area contributed by atoms with Crippen LogP contribution in [-0.4, -0.2) is 29.9 Å². The molecule has 1 aromatic carbocycles. The lowest BCUT2D eigenvalue weighted by atomic mass is 10.1. The van der Waals surface area contributed by atoms with Crippen LogP contribution in [0.25, 0.3) is 0 Å². The number of likely N-dealkylation sites (N-methyl/N-ethyl adjacent to an activating group) is 1. The summed E-state index contributed by atoms with van der Waals surface area (Å²) in [4.78, 5) is 24.1. The van der Waals surface area contributed by atoms with E-state index in [4.69, 9.17) is 5.11 Å². The van der Waals surface area contributed by atoms with Gasteiger partial charge in [-0.05, 0) is 37.1 Å². The van der Waals surface area contributed by atoms with Gasteiger partial charge in [0.25, 0.3) is 5.78 Å². The summed E-state index contributed by atoms with van der Waals surface area (Å²) in [6, 6.07) is 5.12. The smallest absolute Gasteiger partial charge is 0.377 e. The Kier molecular flexibility index (Phi) is 2.64. The van der Waals surface area contributed by atoms with Crippen LogP contribution in [0.15, 0.2) is 18.2 Å². The summed E-state index contributed by atoms with van der Waals surface area (Å²) < 4.78 is 0. The first-order valence-corrected chi connectivity index (χ1v) is 5.29. The van der Waals surface area contributed by atoms with Crippen molar-refractivity contribution in [3.63, 3.8) is 0 Å². The molecule has 4 heteroatoms. The molecule has 84 valence electrons. The Hall–Kier alpha value is -1.84. The van der Waals surface area contributed by atoms with Crippen molar-refractivity contribution in [3.05, 3.63) is 29.3 Å². The summed E-state index contributed by atoms with van der Waals surface area (Å²) >= 11 is 0. The standard InChI is InChI=1S/C12H13NO3/c1-2-13-6-5-8-7-9(3-4-10(8)13)11(14)12(15)16/h3-4,7H,2,5-6H2,1H3,(H,15,16). The predicted molar refractivity (Wildman–Crippen MR) is 60.0 cm³/mol. The molecule has 1 aliphatic rings. The highest BCUT2D eigenvalue weighted by Crippen LogP contribution is 2.28. The van der Waals surface area contributed by atoms with E-state index in [1.165, 1.54) is 0 Å². The van der Waals surface area contributed by atoms with Gasteiger partial charge in [0.15, 0.2) is 0 Å². The number of benzene rings is 1. The lowest BCUT2D eigenvalue weighted by Gasteiger charge is -2.16. The van der Waals surface area contributed by atoms with Gasteiger partial charge in [-0.2, -0.15) is 0 Å². The minimum Gasteiger partial charge on any atom is -0.475 e. The number of aliphatic carboxylic acids is 1. The monoisotopic (exact) mass is 219 g/mol. The van der Waals surface area contributed by atoms with Crippen LogP contribution in [0.3, 0.4) is 0 Å². The van der Waals surface area contributed by atoms with Gasteiger partial charge in [-0.15, -0.1) is 0 Å². The first-order chi connectivity index (χ1) is 7.63. The van der Waals surface area contributed by atoms with Crippen LogP contribution in [0, 0.1) is 0 Å². The number of hydrogen-bond donors (Lipinski definition) is 1. The fourth-order valence-corrected chi connectivity index (χ4v) is 2.06. The van der Waals surface area contributed by atoms with Crippen LogP contribution in [0.5, 0.6) is 0 Å². The third-order valence-electron chi connectivity index (χ3n) is 2.91. The molecule has 0 radical (unpaired) electrons. The molecule has 0 saturated carbocycles. The van der Waals surface area contributed by atoms with Crippen LogP contribution in [0.1, 0.15) is 22.8 Å². The van der Waals surface area contributed by atoms with E-state index in [0.29, 0.717) is 0 Å². The van der Waals surface area contributed by atoms with Crippen LogP contribution in [0.4, 0.5) is 5.69 Å². The zero-order valence-corrected chi connectivity index (χ0v) is 9.06. The van der Waals surface area contributed by atoms with Gasteiger partial charge >= 0.3 is 5.97 Å². The highest BCUT2D eigenvalue weighted by atomic mass is 16.4. The molecule has 0 aromatic heterocycles. The van der Waals surface area contributed by atoms with Crippen molar-refractivity contribution in [2.24, 2.45) is 0 Å². The number of fused-ring (bicyclic) bond motifs is 1. The summed E-state index contributed by atoms with van der Waals surface area (Å²) in [5.41, 5.74) is 2.45. The number of rotatable bonds is 3. The molecule has 0 unspecified atom stereocenters. The van der Waals surface area contributed by atoms with E-state index in [1.807, 2.05) is 6.07 Å². The molecule has 1 aromatic rings. The number of carboxylic acids is 1. The highest BCUT2D eigenvalue weighted by molar-refractivity contribution is 6.39. The van der Waals surface area contributed by atoms with Crippen molar-refractivity contribution in [1.82, 2.24) is 0 Å². The van der Waals surface area contributed by atoms with E-state index < -0.39 is 11.8 Å². The van der Waals surface area contributed by atoms with Gasteiger partial charge < -0.3 is 10.0 Å². The van der Waals surface area contributed by atoms with E-state index in [2.05, 4.69) is 11.8 Å². The Morgan fingerprint density at radius 3 is 2.81 bits per heavy atom. The fourth-order valence-electron chi connectivity index (χ4n) is 2.06. The third-order valence-corrected chi connectivity index (χ3v) is 2.91. The van der Waals surface area contributed by atoms with E-state index in [0.717, 1.165) is 30.8 Å². The SMILES string of the molecule is CCN1CCc2cc(C(=O)C(=O)O)ccc21. The van der Waals surface area contributed by atoms with E-state index >= 15 is 0 Å². The Balaban J connectivity index is 2.35. The van der Waals surface area contributed by atoms with E-state index in [-0.39, 0.29) is 5.56 Å². The lowest BCUT2D eigenvalue weighted by molar-refractivity contribution is -0.131. The number of ketones is 1. The maximum Gasteiger partial charge on any atom is 0.377 e. The molecule has 1 heterocycles. The molecule has 0 atom stereocenters. The first-order valence-electron chi connectivity index (χ1n) is 5.29. The molecule has 1 N–H and O–H groups in total. The van der Waals surface area contributed by atoms with Gasteiger partial charge in [0, 0.05) is 24.3 Å². The maximum atomic E-state index is 11.3. The number of carboxylic acid groups (broad SMARTS) is 1. The molecule has 2 rings (SSSR count). The minimum atomic E-state index is -1.40. The topological polar surface area (TPSA) is 57.6 Å². The van der Waals surface area contributed by atoms with Gasteiger partial charge in [0.2, 0.25) is 0 Å². The molecule has 0 saturated heterocycles. The number of Topliss-reactive ketones (excluding diaryl/α,β-unsaturated/α-hetero) is 1. The average molecular weight is 219 g/mol. The Labute approximate surface area is 93.5 Å². The number of hydrogen-bond acceptors (Lipinski definition) is 3. The number of anilines is 1. The first kappa shape index (κ1) is 10.7. The van der Waals surface area contributed by atoms with Crippen molar-refractivity contribution >= 4 is 17.4 Å². The molecular weight excluding hydrogens is 206 g/mol. The van der Waals surface area contributed by atoms with Crippen LogP contribution >= 0.6 is 0 Å². The lowest BCUT2D eigenvalue weighted by Crippen LogP contribution is -2.19. The maximum absolute atomic E-state index is 11.3. The molecule has 0 aliphatic carbocycles. The Bertz CT molecular complexity index is 454. The van der Waals surface area contributed by atoms with Crippen molar-refractivity contribution in [2.75, 3.05) is 18.0 Å². The molecule has 0 amide bonds. The largest absolute Gasteiger partial charge is 0.475 e. The minimum absolute atomic E-state index is 0.268.